The van der Waals surface area contributed by atoms with E-state index in [9.17, 15) is 0 Å². The van der Waals surface area contributed by atoms with Gasteiger partial charge in [-0.3, -0.25) is 4.90 Å². The van der Waals surface area contributed by atoms with Gasteiger partial charge in [0, 0.05) is 30.0 Å². The average Bonchev–Trinajstić information content (AvgIpc) is 3.06. The second kappa shape index (κ2) is 8.17. The highest BCUT2D eigenvalue weighted by Crippen LogP contribution is 2.29. The Morgan fingerprint density at radius 2 is 1.79 bits per heavy atom. The monoisotopic (exact) mass is 391 g/mol. The fourth-order valence-electron chi connectivity index (χ4n) is 4.32. The van der Waals surface area contributed by atoms with Crippen molar-refractivity contribution >= 4 is 11.3 Å². The normalized spacial score (nSPS) is 16.3. The molecule has 0 aliphatic carbocycles. The van der Waals surface area contributed by atoms with Crippen LogP contribution >= 0.6 is 0 Å². The maximum Gasteiger partial charge on any atom is 0.137 e. The van der Waals surface area contributed by atoms with Crippen LogP contribution in [0.1, 0.15) is 43.9 Å². The molecule has 1 saturated heterocycles. The number of fused-ring (bicyclic) bond motifs is 1. The molecule has 0 bridgehead atoms. The first-order valence-corrected chi connectivity index (χ1v) is 10.7. The summed E-state index contributed by atoms with van der Waals surface area (Å²) in [6.45, 7) is 7.65. The first-order chi connectivity index (χ1) is 13.9. The molecule has 0 unspecified atom stereocenters. The van der Waals surface area contributed by atoms with E-state index in [-0.39, 0.29) is 0 Å². The molecule has 1 aliphatic heterocycles. The number of nitrogen functional groups attached to an aromatic ring is 1. The van der Waals surface area contributed by atoms with Gasteiger partial charge in [-0.1, -0.05) is 38.1 Å². The van der Waals surface area contributed by atoms with Gasteiger partial charge in [0.05, 0.1) is 11.4 Å². The summed E-state index contributed by atoms with van der Waals surface area (Å²) in [6.07, 6.45) is 4.43. The van der Waals surface area contributed by atoms with Crippen molar-refractivity contribution in [1.82, 2.24) is 19.2 Å². The third kappa shape index (κ3) is 4.16. The standard InChI is InChI=1S/C24H33N5/c1-17(2)18-5-7-19(8-6-18)24-22(29-15-20(25)9-10-23(29)26-24)16-28(4)21-11-13-27(3)14-12-21/h5-10,15,17,21H,11-14,16,25H2,1-4H3. The maximum absolute atomic E-state index is 6.12. The van der Waals surface area contributed by atoms with Gasteiger partial charge >= 0.3 is 0 Å². The summed E-state index contributed by atoms with van der Waals surface area (Å²) in [5.74, 6) is 0.528. The number of likely N-dealkylation sites (tertiary alicyclic amines) is 1. The quantitative estimate of drug-likeness (QED) is 0.707. The minimum atomic E-state index is 0.528. The number of piperidine rings is 1. The number of benzene rings is 1. The second-order valence-corrected chi connectivity index (χ2v) is 8.82. The Hall–Kier alpha value is -2.37. The van der Waals surface area contributed by atoms with Crippen molar-refractivity contribution in [3.05, 3.63) is 53.9 Å². The minimum absolute atomic E-state index is 0.528. The number of nitrogens with zero attached hydrogens (tertiary/aromatic N) is 4. The molecular formula is C24H33N5. The highest BCUT2D eigenvalue weighted by Gasteiger charge is 2.23. The zero-order valence-corrected chi connectivity index (χ0v) is 18.1. The molecule has 0 atom stereocenters. The van der Waals surface area contributed by atoms with Crippen molar-refractivity contribution in [2.24, 2.45) is 0 Å². The molecule has 1 fully saturated rings. The van der Waals surface area contributed by atoms with Crippen molar-refractivity contribution < 1.29 is 0 Å². The predicted octanol–water partition coefficient (Wildman–Crippen LogP) is 4.23. The lowest BCUT2D eigenvalue weighted by atomic mass is 10.00. The molecule has 1 aliphatic rings. The molecule has 2 N–H and O–H groups in total. The predicted molar refractivity (Wildman–Crippen MR) is 121 cm³/mol. The highest BCUT2D eigenvalue weighted by molar-refractivity contribution is 5.67. The van der Waals surface area contributed by atoms with Gasteiger partial charge in [0.2, 0.25) is 0 Å². The number of aromatic nitrogens is 2. The third-order valence-corrected chi connectivity index (χ3v) is 6.30. The first kappa shape index (κ1) is 19.9. The van der Waals surface area contributed by atoms with E-state index in [0.717, 1.165) is 23.6 Å². The molecule has 4 rings (SSSR count). The Bertz CT molecular complexity index is 965. The molecule has 0 radical (unpaired) electrons. The SMILES string of the molecule is CC(C)c1ccc(-c2nc3ccc(N)cn3c2CN(C)C2CCN(C)CC2)cc1. The van der Waals surface area contributed by atoms with E-state index in [0.29, 0.717) is 12.0 Å². The van der Waals surface area contributed by atoms with Crippen LogP contribution in [0.4, 0.5) is 5.69 Å². The molecule has 154 valence electrons. The van der Waals surface area contributed by atoms with Crippen molar-refractivity contribution in [1.29, 1.82) is 0 Å². The summed E-state index contributed by atoms with van der Waals surface area (Å²) < 4.78 is 2.17. The number of anilines is 1. The molecule has 5 heteroatoms. The molecule has 1 aromatic carbocycles. The fraction of sp³-hybridized carbons (Fsp3) is 0.458. The molecule has 29 heavy (non-hydrogen) atoms. The van der Waals surface area contributed by atoms with E-state index in [2.05, 4.69) is 66.4 Å². The summed E-state index contributed by atoms with van der Waals surface area (Å²) in [5, 5.41) is 0. The van der Waals surface area contributed by atoms with Crippen LogP contribution in [0.2, 0.25) is 0 Å². The topological polar surface area (TPSA) is 49.8 Å². The Morgan fingerprint density at radius 1 is 1.10 bits per heavy atom. The zero-order chi connectivity index (χ0) is 20.5. The van der Waals surface area contributed by atoms with Crippen molar-refractivity contribution in [3.8, 4) is 11.3 Å². The highest BCUT2D eigenvalue weighted by atomic mass is 15.2. The van der Waals surface area contributed by atoms with E-state index < -0.39 is 0 Å². The third-order valence-electron chi connectivity index (χ3n) is 6.30. The number of pyridine rings is 1. The first-order valence-electron chi connectivity index (χ1n) is 10.7. The summed E-state index contributed by atoms with van der Waals surface area (Å²) >= 11 is 0. The molecule has 0 spiro atoms. The maximum atomic E-state index is 6.12. The van der Waals surface area contributed by atoms with Crippen LogP contribution in [0, 0.1) is 0 Å². The molecule has 3 heterocycles. The summed E-state index contributed by atoms with van der Waals surface area (Å²) in [5.41, 5.74) is 12.6. The Balaban J connectivity index is 1.70. The summed E-state index contributed by atoms with van der Waals surface area (Å²) in [4.78, 5) is 9.89. The molecular weight excluding hydrogens is 358 g/mol. The van der Waals surface area contributed by atoms with Gasteiger partial charge in [-0.2, -0.15) is 0 Å². The van der Waals surface area contributed by atoms with E-state index in [1.165, 1.54) is 42.8 Å². The van der Waals surface area contributed by atoms with Gasteiger partial charge in [0.1, 0.15) is 5.65 Å². The molecule has 3 aromatic rings. The Kier molecular flexibility index (Phi) is 5.61. The van der Waals surface area contributed by atoms with Crippen molar-refractivity contribution in [2.45, 2.75) is 45.2 Å². The average molecular weight is 392 g/mol. The molecule has 0 saturated carbocycles. The molecule has 0 amide bonds. The number of imidazole rings is 1. The van der Waals surface area contributed by atoms with Gasteiger partial charge < -0.3 is 15.0 Å². The zero-order valence-electron chi connectivity index (χ0n) is 18.1. The van der Waals surface area contributed by atoms with Crippen LogP contribution in [0.15, 0.2) is 42.6 Å². The Labute approximate surface area is 174 Å². The lowest BCUT2D eigenvalue weighted by Gasteiger charge is -2.35. The van der Waals surface area contributed by atoms with Crippen LogP contribution in [-0.4, -0.2) is 52.4 Å². The van der Waals surface area contributed by atoms with Crippen LogP contribution < -0.4 is 5.73 Å². The number of rotatable bonds is 5. The molecule has 2 aromatic heterocycles. The van der Waals surface area contributed by atoms with E-state index in [4.69, 9.17) is 10.7 Å². The van der Waals surface area contributed by atoms with Crippen LogP contribution in [-0.2, 0) is 6.54 Å². The summed E-state index contributed by atoms with van der Waals surface area (Å²) in [6, 6.07) is 13.4. The number of hydrogen-bond donors (Lipinski definition) is 1. The van der Waals surface area contributed by atoms with E-state index >= 15 is 0 Å². The summed E-state index contributed by atoms with van der Waals surface area (Å²) in [7, 11) is 4.45. The van der Waals surface area contributed by atoms with Crippen LogP contribution in [0.5, 0.6) is 0 Å². The number of hydrogen-bond acceptors (Lipinski definition) is 4. The largest absolute Gasteiger partial charge is 0.398 e. The van der Waals surface area contributed by atoms with Crippen LogP contribution in [0.3, 0.4) is 0 Å². The molecule has 5 nitrogen and oxygen atoms in total. The van der Waals surface area contributed by atoms with Gasteiger partial charge in [0.25, 0.3) is 0 Å². The Morgan fingerprint density at radius 3 is 2.45 bits per heavy atom. The van der Waals surface area contributed by atoms with Gasteiger partial charge in [-0.25, -0.2) is 4.98 Å². The second-order valence-electron chi connectivity index (χ2n) is 8.82. The van der Waals surface area contributed by atoms with Crippen LogP contribution in [0.25, 0.3) is 16.9 Å². The smallest absolute Gasteiger partial charge is 0.137 e. The van der Waals surface area contributed by atoms with Crippen molar-refractivity contribution in [3.63, 3.8) is 0 Å². The van der Waals surface area contributed by atoms with E-state index in [1.807, 2.05) is 18.3 Å². The van der Waals surface area contributed by atoms with Gasteiger partial charge in [-0.05, 0) is 63.6 Å². The number of nitrogens with two attached hydrogens (primary N) is 1. The van der Waals surface area contributed by atoms with Gasteiger partial charge in [0.15, 0.2) is 0 Å². The van der Waals surface area contributed by atoms with Gasteiger partial charge in [-0.15, -0.1) is 0 Å². The fourth-order valence-corrected chi connectivity index (χ4v) is 4.32. The van der Waals surface area contributed by atoms with E-state index in [1.54, 1.807) is 0 Å². The van der Waals surface area contributed by atoms with Crippen molar-refractivity contribution in [2.75, 3.05) is 32.9 Å². The lowest BCUT2D eigenvalue weighted by Crippen LogP contribution is -2.41. The lowest BCUT2D eigenvalue weighted by molar-refractivity contribution is 0.138. The minimum Gasteiger partial charge on any atom is -0.398 e.